The number of aromatic nitrogens is 2. The molecule has 0 aliphatic heterocycles. The minimum atomic E-state index is -0.589. The van der Waals surface area contributed by atoms with Crippen LogP contribution in [0.15, 0.2) is 30.5 Å². The largest absolute Gasteiger partial charge is 0.497 e. The van der Waals surface area contributed by atoms with Crippen LogP contribution in [-0.4, -0.2) is 40.2 Å². The van der Waals surface area contributed by atoms with Gasteiger partial charge in [0.25, 0.3) is 5.91 Å². The predicted octanol–water partition coefficient (Wildman–Crippen LogP) is 2.16. The summed E-state index contributed by atoms with van der Waals surface area (Å²) in [6.07, 6.45) is 3.49. The van der Waals surface area contributed by atoms with Crippen molar-refractivity contribution in [2.75, 3.05) is 17.7 Å². The van der Waals surface area contributed by atoms with Gasteiger partial charge in [0.05, 0.1) is 18.8 Å². The van der Waals surface area contributed by atoms with Gasteiger partial charge in [-0.3, -0.25) is 4.79 Å². The van der Waals surface area contributed by atoms with Gasteiger partial charge in [-0.05, 0) is 42.9 Å². The van der Waals surface area contributed by atoms with Crippen molar-refractivity contribution in [2.45, 2.75) is 44.9 Å². The molecule has 8 nitrogen and oxygen atoms in total. The van der Waals surface area contributed by atoms with Crippen molar-refractivity contribution in [2.24, 2.45) is 11.7 Å². The maximum Gasteiger partial charge on any atom is 0.254 e. The van der Waals surface area contributed by atoms with Gasteiger partial charge in [0, 0.05) is 18.8 Å². The van der Waals surface area contributed by atoms with Crippen LogP contribution in [0.25, 0.3) is 0 Å². The average molecular weight is 385 g/mol. The Morgan fingerprint density at radius 3 is 2.71 bits per heavy atom. The second kappa shape index (κ2) is 8.88. The lowest BCUT2D eigenvalue weighted by molar-refractivity contribution is 0.0739. The van der Waals surface area contributed by atoms with Crippen LogP contribution in [0.4, 0.5) is 11.8 Å². The summed E-state index contributed by atoms with van der Waals surface area (Å²) in [4.78, 5) is 20.4. The highest BCUT2D eigenvalue weighted by Crippen LogP contribution is 2.27. The van der Waals surface area contributed by atoms with Gasteiger partial charge in [0.2, 0.25) is 5.95 Å². The Kier molecular flexibility index (Phi) is 6.30. The SMILES string of the molecule is COc1ccc(CNc2ncc(C(N)=O)c(N[C@@H]3CC[C@@H](C)[C@H](O)C3)n2)cc1. The molecule has 1 saturated carbocycles. The van der Waals surface area contributed by atoms with Crippen LogP contribution >= 0.6 is 0 Å². The second-order valence-electron chi connectivity index (χ2n) is 7.22. The maximum atomic E-state index is 11.8. The van der Waals surface area contributed by atoms with Gasteiger partial charge >= 0.3 is 0 Å². The molecule has 1 aromatic heterocycles. The van der Waals surface area contributed by atoms with E-state index in [4.69, 9.17) is 10.5 Å². The number of anilines is 2. The first-order valence-corrected chi connectivity index (χ1v) is 9.44. The number of carbonyl (C=O) groups is 1. The molecule has 2 aromatic rings. The molecular weight excluding hydrogens is 358 g/mol. The number of hydrogen-bond donors (Lipinski definition) is 4. The lowest BCUT2D eigenvalue weighted by Crippen LogP contribution is -2.35. The molecule has 0 bridgehead atoms. The first-order valence-electron chi connectivity index (χ1n) is 9.44. The third-order valence-corrected chi connectivity index (χ3v) is 5.16. The van der Waals surface area contributed by atoms with Gasteiger partial charge in [-0.1, -0.05) is 19.1 Å². The van der Waals surface area contributed by atoms with Crippen molar-refractivity contribution in [1.82, 2.24) is 9.97 Å². The zero-order valence-electron chi connectivity index (χ0n) is 16.2. The molecule has 1 aliphatic rings. The third kappa shape index (κ3) is 4.89. The van der Waals surface area contributed by atoms with Crippen molar-refractivity contribution < 1.29 is 14.6 Å². The summed E-state index contributed by atoms with van der Waals surface area (Å²) in [5, 5.41) is 16.5. The number of ether oxygens (including phenoxy) is 1. The number of nitrogens with one attached hydrogen (secondary N) is 2. The standard InChI is InChI=1S/C20H27N5O3/c1-12-3-6-14(9-17(12)26)24-19-16(18(21)27)11-23-20(25-19)22-10-13-4-7-15(28-2)8-5-13/h4-5,7-8,11-12,14,17,26H,3,6,9-10H2,1-2H3,(H2,21,27)(H2,22,23,24,25)/t12-,14-,17-/m1/s1. The summed E-state index contributed by atoms with van der Waals surface area (Å²) in [7, 11) is 1.63. The van der Waals surface area contributed by atoms with Crippen molar-refractivity contribution in [1.29, 1.82) is 0 Å². The number of hydrogen-bond acceptors (Lipinski definition) is 7. The Morgan fingerprint density at radius 2 is 2.07 bits per heavy atom. The summed E-state index contributed by atoms with van der Waals surface area (Å²) in [5.41, 5.74) is 6.75. The Hall–Kier alpha value is -2.87. The number of methoxy groups -OCH3 is 1. The van der Waals surface area contributed by atoms with Crippen LogP contribution in [0.5, 0.6) is 5.75 Å². The van der Waals surface area contributed by atoms with Crippen LogP contribution < -0.4 is 21.1 Å². The van der Waals surface area contributed by atoms with E-state index in [0.717, 1.165) is 24.2 Å². The molecule has 0 saturated heterocycles. The van der Waals surface area contributed by atoms with Crippen molar-refractivity contribution in [3.05, 3.63) is 41.6 Å². The molecule has 1 amide bonds. The molecule has 1 heterocycles. The van der Waals surface area contributed by atoms with Gasteiger partial charge in [-0.2, -0.15) is 4.98 Å². The molecule has 0 radical (unpaired) electrons. The van der Waals surface area contributed by atoms with Crippen LogP contribution in [0.3, 0.4) is 0 Å². The van der Waals surface area contributed by atoms with E-state index in [1.165, 1.54) is 6.20 Å². The van der Waals surface area contributed by atoms with Gasteiger partial charge in [0.15, 0.2) is 0 Å². The van der Waals surface area contributed by atoms with E-state index in [1.807, 2.05) is 31.2 Å². The number of aliphatic hydroxyl groups is 1. The summed E-state index contributed by atoms with van der Waals surface area (Å²) in [6, 6.07) is 7.71. The molecule has 1 aromatic carbocycles. The number of amides is 1. The van der Waals surface area contributed by atoms with Crippen LogP contribution in [0.2, 0.25) is 0 Å². The Bertz CT molecular complexity index is 812. The smallest absolute Gasteiger partial charge is 0.254 e. The molecular formula is C20H27N5O3. The average Bonchev–Trinajstić information content (AvgIpc) is 2.69. The number of carbonyl (C=O) groups excluding carboxylic acids is 1. The normalized spacial score (nSPS) is 21.8. The van der Waals surface area contributed by atoms with Crippen LogP contribution in [0, 0.1) is 5.92 Å². The van der Waals surface area contributed by atoms with E-state index >= 15 is 0 Å². The van der Waals surface area contributed by atoms with Crippen molar-refractivity contribution in [3.8, 4) is 5.75 Å². The summed E-state index contributed by atoms with van der Waals surface area (Å²) in [5.74, 6) is 1.27. The fourth-order valence-electron chi connectivity index (χ4n) is 3.30. The summed E-state index contributed by atoms with van der Waals surface area (Å²) in [6.45, 7) is 2.57. The first kappa shape index (κ1) is 19.9. The number of nitrogens with zero attached hydrogens (tertiary/aromatic N) is 2. The highest BCUT2D eigenvalue weighted by atomic mass is 16.5. The molecule has 3 atom stereocenters. The third-order valence-electron chi connectivity index (χ3n) is 5.16. The minimum absolute atomic E-state index is 0.0358. The molecule has 5 N–H and O–H groups in total. The van der Waals surface area contributed by atoms with Gasteiger partial charge < -0.3 is 26.2 Å². The van der Waals surface area contributed by atoms with E-state index in [1.54, 1.807) is 7.11 Å². The summed E-state index contributed by atoms with van der Waals surface area (Å²) < 4.78 is 5.15. The highest BCUT2D eigenvalue weighted by Gasteiger charge is 2.27. The minimum Gasteiger partial charge on any atom is -0.497 e. The molecule has 150 valence electrons. The monoisotopic (exact) mass is 385 g/mol. The van der Waals surface area contributed by atoms with E-state index < -0.39 is 5.91 Å². The van der Waals surface area contributed by atoms with Crippen molar-refractivity contribution >= 4 is 17.7 Å². The predicted molar refractivity (Wildman–Crippen MR) is 107 cm³/mol. The Balaban J connectivity index is 1.70. The maximum absolute atomic E-state index is 11.8. The molecule has 3 rings (SSSR count). The zero-order valence-corrected chi connectivity index (χ0v) is 16.2. The number of primary amides is 1. The molecule has 1 aliphatic carbocycles. The molecule has 0 spiro atoms. The van der Waals surface area contributed by atoms with E-state index in [9.17, 15) is 9.90 Å². The van der Waals surface area contributed by atoms with E-state index in [0.29, 0.717) is 24.7 Å². The lowest BCUT2D eigenvalue weighted by Gasteiger charge is -2.32. The molecule has 28 heavy (non-hydrogen) atoms. The first-order chi connectivity index (χ1) is 13.5. The Labute approximate surface area is 164 Å². The van der Waals surface area contributed by atoms with Gasteiger partial charge in [0.1, 0.15) is 11.6 Å². The summed E-state index contributed by atoms with van der Waals surface area (Å²) >= 11 is 0. The zero-order chi connectivity index (χ0) is 20.1. The number of nitrogens with two attached hydrogens (primary N) is 1. The van der Waals surface area contributed by atoms with Gasteiger partial charge in [-0.15, -0.1) is 0 Å². The lowest BCUT2D eigenvalue weighted by atomic mass is 9.85. The van der Waals surface area contributed by atoms with Crippen molar-refractivity contribution in [3.63, 3.8) is 0 Å². The number of benzene rings is 1. The van der Waals surface area contributed by atoms with Gasteiger partial charge in [-0.25, -0.2) is 4.98 Å². The Morgan fingerprint density at radius 1 is 1.32 bits per heavy atom. The quantitative estimate of drug-likeness (QED) is 0.576. The van der Waals surface area contributed by atoms with E-state index in [2.05, 4.69) is 20.6 Å². The van der Waals surface area contributed by atoms with Crippen LogP contribution in [-0.2, 0) is 6.54 Å². The molecule has 1 fully saturated rings. The fraction of sp³-hybridized carbons (Fsp3) is 0.450. The van der Waals surface area contributed by atoms with E-state index in [-0.39, 0.29) is 23.6 Å². The van der Waals surface area contributed by atoms with Crippen LogP contribution in [0.1, 0.15) is 42.1 Å². The highest BCUT2D eigenvalue weighted by molar-refractivity contribution is 5.97. The number of aliphatic hydroxyl groups excluding tert-OH is 1. The molecule has 0 unspecified atom stereocenters. The second-order valence-corrected chi connectivity index (χ2v) is 7.22. The topological polar surface area (TPSA) is 122 Å². The fourth-order valence-corrected chi connectivity index (χ4v) is 3.30. The molecule has 8 heteroatoms. The number of rotatable bonds is 7.